The van der Waals surface area contributed by atoms with Gasteiger partial charge < -0.3 is 20.1 Å². The molecule has 1 aliphatic heterocycles. The summed E-state index contributed by atoms with van der Waals surface area (Å²) in [5.41, 5.74) is 0.606. The second-order valence-electron chi connectivity index (χ2n) is 8.20. The average molecular weight is 567 g/mol. The number of hydrogen-bond donors (Lipinski definition) is 3. The number of carboxylic acid groups (broad SMARTS) is 1. The Morgan fingerprint density at radius 3 is 2.23 bits per heavy atom. The van der Waals surface area contributed by atoms with E-state index in [-0.39, 0.29) is 11.2 Å². The number of rotatable bonds is 4. The van der Waals surface area contributed by atoms with Crippen molar-refractivity contribution in [2.75, 3.05) is 38.2 Å². The van der Waals surface area contributed by atoms with Crippen LogP contribution in [0.3, 0.4) is 0 Å². The number of para-hydroxylation sites is 1. The van der Waals surface area contributed by atoms with E-state index in [9.17, 15) is 22.8 Å². The number of nitrogens with one attached hydrogen (secondary N) is 2. The lowest BCUT2D eigenvalue weighted by Gasteiger charge is -2.28. The third-order valence-corrected chi connectivity index (χ3v) is 6.08. The Morgan fingerprint density at radius 2 is 1.67 bits per heavy atom. The summed E-state index contributed by atoms with van der Waals surface area (Å²) in [6.45, 7) is 2.98. The van der Waals surface area contributed by atoms with Crippen LogP contribution in [0.25, 0.3) is 22.5 Å². The number of carboxylic acids is 1. The van der Waals surface area contributed by atoms with Crippen molar-refractivity contribution in [1.29, 1.82) is 0 Å². The molecule has 0 radical (unpaired) electrons. The number of methoxy groups -OCH3 is 1. The van der Waals surface area contributed by atoms with Crippen molar-refractivity contribution >= 4 is 34.7 Å². The van der Waals surface area contributed by atoms with Gasteiger partial charge in [0, 0.05) is 26.2 Å². The number of ether oxygens (including phenoxy) is 1. The van der Waals surface area contributed by atoms with E-state index < -0.39 is 23.4 Å². The normalized spacial score (nSPS) is 13.6. The van der Waals surface area contributed by atoms with Crippen LogP contribution in [-0.2, 0) is 4.79 Å². The van der Waals surface area contributed by atoms with E-state index in [0.717, 1.165) is 13.1 Å². The Kier molecular flexibility index (Phi) is 7.97. The summed E-state index contributed by atoms with van der Waals surface area (Å²) in [4.78, 5) is 44.2. The van der Waals surface area contributed by atoms with Gasteiger partial charge >= 0.3 is 17.8 Å². The van der Waals surface area contributed by atoms with Gasteiger partial charge in [-0.1, -0.05) is 23.7 Å². The molecule has 39 heavy (non-hydrogen) atoms. The molecule has 2 aromatic carbocycles. The van der Waals surface area contributed by atoms with Crippen molar-refractivity contribution in [3.8, 4) is 17.1 Å². The van der Waals surface area contributed by atoms with Crippen molar-refractivity contribution in [3.05, 3.63) is 74.4 Å². The van der Waals surface area contributed by atoms with Crippen LogP contribution in [0.1, 0.15) is 0 Å². The van der Waals surface area contributed by atoms with Gasteiger partial charge in [0.25, 0.3) is 5.56 Å². The molecule has 2 aromatic heterocycles. The zero-order valence-corrected chi connectivity index (χ0v) is 21.1. The van der Waals surface area contributed by atoms with Gasteiger partial charge in [0.2, 0.25) is 5.95 Å². The van der Waals surface area contributed by atoms with Crippen LogP contribution in [0.5, 0.6) is 5.75 Å². The van der Waals surface area contributed by atoms with Gasteiger partial charge in [0.05, 0.1) is 23.5 Å². The number of aliphatic carboxylic acids is 1. The van der Waals surface area contributed by atoms with Crippen molar-refractivity contribution in [1.82, 2.24) is 24.4 Å². The highest BCUT2D eigenvalue weighted by atomic mass is 35.5. The summed E-state index contributed by atoms with van der Waals surface area (Å²) in [6, 6.07) is 14.3. The molecular formula is C24H22ClF3N6O5. The smallest absolute Gasteiger partial charge is 0.490 e. The molecule has 3 heterocycles. The van der Waals surface area contributed by atoms with E-state index in [1.165, 1.54) is 4.57 Å². The van der Waals surface area contributed by atoms with Gasteiger partial charge in [-0.15, -0.1) is 0 Å². The number of carbonyl (C=O) groups is 1. The Morgan fingerprint density at radius 1 is 1.05 bits per heavy atom. The molecule has 0 aliphatic carbocycles. The van der Waals surface area contributed by atoms with Crippen LogP contribution in [0.2, 0.25) is 5.02 Å². The van der Waals surface area contributed by atoms with E-state index >= 15 is 0 Å². The standard InChI is InChI=1S/C22H21ClN6O3.C2HF3O2/c1-32-15-8-6-14(7-9-15)28-19-18(20(30)26-22(28)31)29(17-5-3-2-4-16(17)23)21(25-19)27-12-10-24-11-13-27;3-2(4,5)1(6)7/h2-9,24H,10-13H2,1H3,(H,26,30,31);(H,6,7). The topological polar surface area (TPSA) is 134 Å². The number of H-pyrrole nitrogens is 1. The lowest BCUT2D eigenvalue weighted by molar-refractivity contribution is -0.192. The predicted molar refractivity (Wildman–Crippen MR) is 138 cm³/mol. The van der Waals surface area contributed by atoms with Crippen molar-refractivity contribution in [2.24, 2.45) is 0 Å². The van der Waals surface area contributed by atoms with Crippen LogP contribution in [0.4, 0.5) is 19.1 Å². The number of benzene rings is 2. The maximum atomic E-state index is 13.1. The van der Waals surface area contributed by atoms with Crippen LogP contribution >= 0.6 is 11.6 Å². The molecule has 1 fully saturated rings. The van der Waals surface area contributed by atoms with Crippen molar-refractivity contribution < 1.29 is 27.8 Å². The molecule has 1 aliphatic rings. The quantitative estimate of drug-likeness (QED) is 0.343. The molecule has 4 aromatic rings. The Labute approximate surface area is 223 Å². The third kappa shape index (κ3) is 5.76. The van der Waals surface area contributed by atoms with Gasteiger partial charge in [-0.2, -0.15) is 18.2 Å². The zero-order chi connectivity index (χ0) is 28.3. The first-order chi connectivity index (χ1) is 18.5. The van der Waals surface area contributed by atoms with E-state index in [2.05, 4.69) is 15.2 Å². The number of piperazine rings is 1. The molecule has 5 rings (SSSR count). The van der Waals surface area contributed by atoms with Gasteiger partial charge in [-0.25, -0.2) is 14.2 Å². The number of imidazole rings is 1. The average Bonchev–Trinajstić information content (AvgIpc) is 3.30. The number of alkyl halides is 3. The second kappa shape index (κ2) is 11.2. The molecule has 0 spiro atoms. The maximum Gasteiger partial charge on any atom is 0.490 e. The fourth-order valence-electron chi connectivity index (χ4n) is 3.97. The minimum atomic E-state index is -5.08. The number of aromatic amines is 1. The summed E-state index contributed by atoms with van der Waals surface area (Å²) in [6.07, 6.45) is -5.08. The molecule has 15 heteroatoms. The third-order valence-electron chi connectivity index (χ3n) is 5.76. The fraction of sp³-hybridized carbons (Fsp3) is 0.250. The number of anilines is 1. The Bertz CT molecular complexity index is 1610. The SMILES string of the molecule is COc1ccc(-n2c(=O)[nH]c(=O)c3c2nc(N2CCNCC2)n3-c2ccccc2Cl)cc1.O=C(O)C(F)(F)F. The molecule has 0 amide bonds. The van der Waals surface area contributed by atoms with E-state index in [0.29, 0.717) is 41.2 Å². The van der Waals surface area contributed by atoms with Crippen LogP contribution in [0, 0.1) is 0 Å². The zero-order valence-electron chi connectivity index (χ0n) is 20.3. The summed E-state index contributed by atoms with van der Waals surface area (Å²) in [7, 11) is 1.57. The summed E-state index contributed by atoms with van der Waals surface area (Å²) < 4.78 is 40.1. The first-order valence-corrected chi connectivity index (χ1v) is 11.8. The van der Waals surface area contributed by atoms with E-state index in [4.69, 9.17) is 31.2 Å². The molecule has 0 bridgehead atoms. The minimum Gasteiger partial charge on any atom is -0.497 e. The van der Waals surface area contributed by atoms with Gasteiger partial charge in [-0.3, -0.25) is 14.3 Å². The number of halogens is 4. The number of nitrogens with zero attached hydrogens (tertiary/aromatic N) is 4. The van der Waals surface area contributed by atoms with Crippen LogP contribution < -0.4 is 26.2 Å². The largest absolute Gasteiger partial charge is 0.497 e. The molecule has 3 N–H and O–H groups in total. The first kappa shape index (κ1) is 27.7. The van der Waals surface area contributed by atoms with Gasteiger partial charge in [-0.05, 0) is 36.4 Å². The van der Waals surface area contributed by atoms with Gasteiger partial charge in [0.1, 0.15) is 5.75 Å². The van der Waals surface area contributed by atoms with Crippen molar-refractivity contribution in [3.63, 3.8) is 0 Å². The predicted octanol–water partition coefficient (Wildman–Crippen LogP) is 2.57. The summed E-state index contributed by atoms with van der Waals surface area (Å²) in [5, 5.41) is 10.9. The Balaban J connectivity index is 0.000000448. The lowest BCUT2D eigenvalue weighted by atomic mass is 10.3. The second-order valence-corrected chi connectivity index (χ2v) is 8.61. The molecule has 206 valence electrons. The fourth-order valence-corrected chi connectivity index (χ4v) is 4.19. The first-order valence-electron chi connectivity index (χ1n) is 11.5. The minimum absolute atomic E-state index is 0.252. The Hall–Kier alpha value is -4.30. The van der Waals surface area contributed by atoms with Gasteiger partial charge in [0.15, 0.2) is 11.2 Å². The summed E-state index contributed by atoms with van der Waals surface area (Å²) in [5.74, 6) is -1.54. The molecule has 0 atom stereocenters. The highest BCUT2D eigenvalue weighted by Gasteiger charge is 2.38. The van der Waals surface area contributed by atoms with E-state index in [1.807, 2.05) is 18.2 Å². The number of aromatic nitrogens is 4. The molecule has 0 unspecified atom stereocenters. The number of fused-ring (bicyclic) bond motifs is 1. The molecule has 0 saturated carbocycles. The monoisotopic (exact) mass is 566 g/mol. The van der Waals surface area contributed by atoms with Crippen LogP contribution in [0.15, 0.2) is 58.1 Å². The molecule has 11 nitrogen and oxygen atoms in total. The highest BCUT2D eigenvalue weighted by molar-refractivity contribution is 6.32. The molecular weight excluding hydrogens is 545 g/mol. The summed E-state index contributed by atoms with van der Waals surface area (Å²) >= 11 is 6.53. The van der Waals surface area contributed by atoms with Crippen LogP contribution in [-0.4, -0.2) is 69.6 Å². The molecule has 1 saturated heterocycles. The van der Waals surface area contributed by atoms with E-state index in [1.54, 1.807) is 42.0 Å². The lowest BCUT2D eigenvalue weighted by Crippen LogP contribution is -2.44. The highest BCUT2D eigenvalue weighted by Crippen LogP contribution is 2.30. The maximum absolute atomic E-state index is 13.1. The van der Waals surface area contributed by atoms with Crippen molar-refractivity contribution in [2.45, 2.75) is 6.18 Å². The number of hydrogen-bond acceptors (Lipinski definition) is 7.